The van der Waals surface area contributed by atoms with Crippen LogP contribution >= 0.6 is 0 Å². The third kappa shape index (κ3) is 2.62. The highest BCUT2D eigenvalue weighted by atomic mass is 16.5. The molecule has 2 saturated heterocycles. The Morgan fingerprint density at radius 3 is 1.68 bits per heavy atom. The number of benzene rings is 2. The molecular formula is C24H24N2O2. The van der Waals surface area contributed by atoms with E-state index < -0.39 is 0 Å². The summed E-state index contributed by atoms with van der Waals surface area (Å²) in [6.07, 6.45) is 2.64. The Kier molecular flexibility index (Phi) is 4.02. The lowest BCUT2D eigenvalue weighted by Crippen LogP contribution is -2.27. The number of rotatable bonds is 2. The summed E-state index contributed by atoms with van der Waals surface area (Å²) in [5, 5.41) is 0. The van der Waals surface area contributed by atoms with Crippen molar-refractivity contribution in [2.75, 3.05) is 26.6 Å². The van der Waals surface area contributed by atoms with E-state index in [0.29, 0.717) is 37.8 Å². The van der Waals surface area contributed by atoms with Crippen LogP contribution in [0.3, 0.4) is 0 Å². The molecule has 2 aliphatic heterocycles. The van der Waals surface area contributed by atoms with Crippen LogP contribution in [-0.2, 0) is 22.3 Å². The highest BCUT2D eigenvalue weighted by molar-refractivity contribution is 5.38. The van der Waals surface area contributed by atoms with E-state index in [2.05, 4.69) is 70.2 Å². The van der Waals surface area contributed by atoms with Crippen LogP contribution in [0.25, 0.3) is 0 Å². The van der Waals surface area contributed by atoms with E-state index in [1.54, 1.807) is 0 Å². The van der Waals surface area contributed by atoms with Gasteiger partial charge in [0.25, 0.3) is 0 Å². The smallest absolute Gasteiger partial charge is 0.101 e. The van der Waals surface area contributed by atoms with E-state index in [4.69, 9.17) is 9.47 Å². The summed E-state index contributed by atoms with van der Waals surface area (Å²) in [5.74, 6) is 6.80. The van der Waals surface area contributed by atoms with Gasteiger partial charge in [-0.05, 0) is 22.3 Å². The summed E-state index contributed by atoms with van der Waals surface area (Å²) in [7, 11) is 0. The van der Waals surface area contributed by atoms with Gasteiger partial charge < -0.3 is 9.47 Å². The second-order valence-corrected chi connectivity index (χ2v) is 8.21. The van der Waals surface area contributed by atoms with E-state index >= 15 is 0 Å². The molecule has 2 heterocycles. The van der Waals surface area contributed by atoms with Crippen LogP contribution < -0.4 is 0 Å². The number of fused-ring (bicyclic) bond motifs is 6. The van der Waals surface area contributed by atoms with Gasteiger partial charge in [-0.25, -0.2) is 0 Å². The Morgan fingerprint density at radius 2 is 1.18 bits per heavy atom. The molecule has 4 atom stereocenters. The Bertz CT molecular complexity index is 887. The zero-order valence-electron chi connectivity index (χ0n) is 15.9. The van der Waals surface area contributed by atoms with Crippen LogP contribution in [0, 0.1) is 11.8 Å². The van der Waals surface area contributed by atoms with E-state index in [1.165, 1.54) is 22.3 Å². The molecule has 0 bridgehead atoms. The quantitative estimate of drug-likeness (QED) is 0.757. The third-order valence-electron chi connectivity index (χ3n) is 6.68. The van der Waals surface area contributed by atoms with Gasteiger partial charge in [-0.2, -0.15) is 0 Å². The molecule has 2 aliphatic carbocycles. The predicted octanol–water partition coefficient (Wildman–Crippen LogP) is 2.90. The van der Waals surface area contributed by atoms with Crippen molar-refractivity contribution in [3.05, 3.63) is 70.8 Å². The van der Waals surface area contributed by atoms with Crippen LogP contribution in [0.15, 0.2) is 48.5 Å². The molecule has 6 rings (SSSR count). The number of nitrogens with zero attached hydrogens (tertiary/aromatic N) is 2. The van der Waals surface area contributed by atoms with Crippen LogP contribution in [-0.4, -0.2) is 48.6 Å². The number of hydrogen-bond donors (Lipinski definition) is 0. The van der Waals surface area contributed by atoms with Crippen molar-refractivity contribution in [1.82, 2.24) is 9.80 Å². The van der Waals surface area contributed by atoms with Crippen LogP contribution in [0.2, 0.25) is 0 Å². The minimum atomic E-state index is 0.293. The Balaban J connectivity index is 1.12. The highest BCUT2D eigenvalue weighted by Gasteiger charge is 2.43. The minimum absolute atomic E-state index is 0.293. The summed E-state index contributed by atoms with van der Waals surface area (Å²) in [6, 6.07) is 18.2. The van der Waals surface area contributed by atoms with E-state index in [9.17, 15) is 0 Å². The fraction of sp³-hybridized carbons (Fsp3) is 0.417. The van der Waals surface area contributed by atoms with Crippen LogP contribution in [0.4, 0.5) is 0 Å². The molecule has 0 N–H and O–H groups in total. The topological polar surface area (TPSA) is 24.9 Å². The van der Waals surface area contributed by atoms with Gasteiger partial charge >= 0.3 is 0 Å². The van der Waals surface area contributed by atoms with Gasteiger partial charge in [0, 0.05) is 12.8 Å². The van der Waals surface area contributed by atoms with Crippen molar-refractivity contribution in [3.63, 3.8) is 0 Å². The Hall–Kier alpha value is -2.16. The van der Waals surface area contributed by atoms with Gasteiger partial charge in [0.2, 0.25) is 0 Å². The molecule has 0 radical (unpaired) electrons. The maximum Gasteiger partial charge on any atom is 0.101 e. The van der Waals surface area contributed by atoms with Gasteiger partial charge in [0.15, 0.2) is 0 Å². The van der Waals surface area contributed by atoms with Gasteiger partial charge in [0.05, 0.1) is 37.4 Å². The molecular weight excluding hydrogens is 348 g/mol. The molecule has 4 aliphatic rings. The molecule has 4 heteroatoms. The molecule has 2 fully saturated rings. The first-order valence-corrected chi connectivity index (χ1v) is 10.2. The molecule has 4 unspecified atom stereocenters. The molecule has 2 aromatic rings. The lowest BCUT2D eigenvalue weighted by atomic mass is 10.1. The first kappa shape index (κ1) is 16.8. The van der Waals surface area contributed by atoms with Crippen molar-refractivity contribution >= 4 is 0 Å². The Morgan fingerprint density at radius 1 is 0.714 bits per heavy atom. The summed E-state index contributed by atoms with van der Waals surface area (Å²) < 4.78 is 12.1. The zero-order valence-corrected chi connectivity index (χ0v) is 15.9. The van der Waals surface area contributed by atoms with Crippen molar-refractivity contribution in [2.24, 2.45) is 0 Å². The average Bonchev–Trinajstić information content (AvgIpc) is 3.46. The first-order valence-electron chi connectivity index (χ1n) is 10.2. The van der Waals surface area contributed by atoms with Gasteiger partial charge in [-0.15, -0.1) is 0 Å². The monoisotopic (exact) mass is 372 g/mol. The van der Waals surface area contributed by atoms with E-state index in [-0.39, 0.29) is 0 Å². The van der Waals surface area contributed by atoms with Crippen molar-refractivity contribution in [3.8, 4) is 11.8 Å². The molecule has 28 heavy (non-hydrogen) atoms. The maximum absolute atomic E-state index is 6.03. The fourth-order valence-electron chi connectivity index (χ4n) is 5.38. The molecule has 2 aromatic carbocycles. The molecule has 0 amide bonds. The predicted molar refractivity (Wildman–Crippen MR) is 106 cm³/mol. The molecule has 0 saturated carbocycles. The summed E-state index contributed by atoms with van der Waals surface area (Å²) in [5.41, 5.74) is 5.70. The van der Waals surface area contributed by atoms with Gasteiger partial charge in [-0.3, -0.25) is 9.80 Å². The number of hydrogen-bond acceptors (Lipinski definition) is 4. The van der Waals surface area contributed by atoms with E-state index in [0.717, 1.165) is 25.9 Å². The number of ether oxygens (including phenoxy) is 2. The normalized spacial score (nSPS) is 30.4. The van der Waals surface area contributed by atoms with Crippen molar-refractivity contribution < 1.29 is 9.47 Å². The molecule has 0 spiro atoms. The average molecular weight is 372 g/mol. The van der Waals surface area contributed by atoms with Gasteiger partial charge in [-0.1, -0.05) is 60.4 Å². The van der Waals surface area contributed by atoms with Crippen molar-refractivity contribution in [1.29, 1.82) is 0 Å². The minimum Gasteiger partial charge on any atom is -0.360 e. The summed E-state index contributed by atoms with van der Waals surface area (Å²) in [4.78, 5) is 4.75. The summed E-state index contributed by atoms with van der Waals surface area (Å²) >= 11 is 0. The second-order valence-electron chi connectivity index (χ2n) is 8.21. The summed E-state index contributed by atoms with van der Waals surface area (Å²) in [6.45, 7) is 2.89. The van der Waals surface area contributed by atoms with Crippen molar-refractivity contribution in [2.45, 2.75) is 37.1 Å². The Labute approximate surface area is 166 Å². The lowest BCUT2D eigenvalue weighted by Gasteiger charge is -2.21. The maximum atomic E-state index is 6.03. The van der Waals surface area contributed by atoms with Crippen LogP contribution in [0.5, 0.6) is 0 Å². The second kappa shape index (κ2) is 6.72. The first-order chi connectivity index (χ1) is 13.9. The lowest BCUT2D eigenvalue weighted by molar-refractivity contribution is 0.0927. The molecule has 142 valence electrons. The largest absolute Gasteiger partial charge is 0.360 e. The SMILES string of the molecule is C(#CCN1COC2Cc3ccccc3C21)CN1COC2Cc3ccccc3C21. The zero-order chi connectivity index (χ0) is 18.5. The standard InChI is InChI=1S/C24H24N2O2/c1-3-9-19-17(7-1)13-21-23(19)25(15-27-21)11-5-6-12-26-16-28-22-14-18-8-2-4-10-20(18)24(22)26/h1-4,7-10,21-24H,11-16H2. The highest BCUT2D eigenvalue weighted by Crippen LogP contribution is 2.42. The fourth-order valence-corrected chi connectivity index (χ4v) is 5.38. The van der Waals surface area contributed by atoms with Gasteiger partial charge in [0.1, 0.15) is 13.5 Å². The third-order valence-corrected chi connectivity index (χ3v) is 6.68. The van der Waals surface area contributed by atoms with Crippen LogP contribution in [0.1, 0.15) is 34.3 Å². The molecule has 0 aromatic heterocycles. The molecule has 4 nitrogen and oxygen atoms in total. The van der Waals surface area contributed by atoms with E-state index in [1.807, 2.05) is 0 Å².